The molecule has 0 saturated heterocycles. The number of furan rings is 1. The Hall–Kier alpha value is -1.29. The van der Waals surface area contributed by atoms with Gasteiger partial charge in [0.1, 0.15) is 11.5 Å². The van der Waals surface area contributed by atoms with Gasteiger partial charge in [0.15, 0.2) is 0 Å². The molecule has 0 bridgehead atoms. The zero-order valence-corrected chi connectivity index (χ0v) is 11.1. The second kappa shape index (κ2) is 5.14. The Morgan fingerprint density at radius 3 is 2.61 bits per heavy atom. The average Bonchev–Trinajstić information content (AvgIpc) is 2.89. The van der Waals surface area contributed by atoms with Gasteiger partial charge in [0.25, 0.3) is 0 Å². The van der Waals surface area contributed by atoms with E-state index in [1.807, 2.05) is 26.1 Å². The predicted molar refractivity (Wildman–Crippen MR) is 68.3 cm³/mol. The Morgan fingerprint density at radius 1 is 1.44 bits per heavy atom. The van der Waals surface area contributed by atoms with Gasteiger partial charge in [-0.25, -0.2) is 0 Å². The first-order valence-corrected chi connectivity index (χ1v) is 6.49. The summed E-state index contributed by atoms with van der Waals surface area (Å²) in [6.07, 6.45) is 3.65. The van der Waals surface area contributed by atoms with Crippen LogP contribution in [0.25, 0.3) is 0 Å². The van der Waals surface area contributed by atoms with Crippen LogP contribution in [0.15, 0.2) is 16.5 Å². The van der Waals surface area contributed by atoms with Crippen molar-refractivity contribution in [3.05, 3.63) is 23.7 Å². The molecule has 0 radical (unpaired) electrons. The van der Waals surface area contributed by atoms with Crippen molar-refractivity contribution in [1.82, 2.24) is 4.90 Å². The van der Waals surface area contributed by atoms with Crippen molar-refractivity contribution in [3.63, 3.8) is 0 Å². The van der Waals surface area contributed by atoms with Crippen LogP contribution in [0.3, 0.4) is 0 Å². The highest BCUT2D eigenvalue weighted by atomic mass is 16.4. The fourth-order valence-electron chi connectivity index (χ4n) is 2.90. The van der Waals surface area contributed by atoms with E-state index in [1.54, 1.807) is 0 Å². The normalized spacial score (nSPS) is 18.4. The molecule has 0 aromatic carbocycles. The van der Waals surface area contributed by atoms with Gasteiger partial charge >= 0.3 is 5.97 Å². The molecular formula is C14H21NO3. The molecule has 2 rings (SSSR count). The van der Waals surface area contributed by atoms with Gasteiger partial charge in [-0.2, -0.15) is 0 Å². The lowest BCUT2D eigenvalue weighted by Gasteiger charge is -2.29. The minimum Gasteiger partial charge on any atom is -0.481 e. The van der Waals surface area contributed by atoms with E-state index in [9.17, 15) is 9.90 Å². The van der Waals surface area contributed by atoms with Crippen molar-refractivity contribution >= 4 is 5.97 Å². The number of aliphatic carboxylic acids is 1. The third kappa shape index (κ3) is 2.75. The molecule has 0 aliphatic heterocycles. The van der Waals surface area contributed by atoms with E-state index < -0.39 is 11.4 Å². The molecular weight excluding hydrogens is 230 g/mol. The first kappa shape index (κ1) is 13.1. The molecule has 1 heterocycles. The van der Waals surface area contributed by atoms with E-state index in [0.29, 0.717) is 13.1 Å². The van der Waals surface area contributed by atoms with Crippen molar-refractivity contribution in [2.45, 2.75) is 39.2 Å². The molecule has 1 aliphatic carbocycles. The summed E-state index contributed by atoms with van der Waals surface area (Å²) >= 11 is 0. The number of nitrogens with zero attached hydrogens (tertiary/aromatic N) is 1. The molecule has 0 unspecified atom stereocenters. The second-order valence-electron chi connectivity index (χ2n) is 5.48. The molecule has 100 valence electrons. The van der Waals surface area contributed by atoms with E-state index >= 15 is 0 Å². The van der Waals surface area contributed by atoms with E-state index in [1.165, 1.54) is 0 Å². The Morgan fingerprint density at radius 2 is 2.11 bits per heavy atom. The molecule has 1 aromatic rings. The molecule has 0 amide bonds. The molecule has 1 fully saturated rings. The van der Waals surface area contributed by atoms with Gasteiger partial charge in [0, 0.05) is 6.54 Å². The summed E-state index contributed by atoms with van der Waals surface area (Å²) in [4.78, 5) is 13.5. The maximum Gasteiger partial charge on any atom is 0.310 e. The smallest absolute Gasteiger partial charge is 0.310 e. The van der Waals surface area contributed by atoms with Crippen LogP contribution < -0.4 is 0 Å². The molecule has 0 atom stereocenters. The number of aryl methyl sites for hydroxylation is 1. The zero-order valence-electron chi connectivity index (χ0n) is 11.1. The van der Waals surface area contributed by atoms with E-state index in [2.05, 4.69) is 4.90 Å². The monoisotopic (exact) mass is 251 g/mol. The Kier molecular flexibility index (Phi) is 3.76. The topological polar surface area (TPSA) is 53.7 Å². The number of rotatable bonds is 5. The van der Waals surface area contributed by atoms with Crippen molar-refractivity contribution in [2.24, 2.45) is 5.41 Å². The third-order valence-corrected chi connectivity index (χ3v) is 3.81. The summed E-state index contributed by atoms with van der Waals surface area (Å²) in [5.41, 5.74) is -0.545. The van der Waals surface area contributed by atoms with Crippen LogP contribution in [-0.2, 0) is 11.3 Å². The highest BCUT2D eigenvalue weighted by molar-refractivity contribution is 5.75. The number of hydrogen-bond donors (Lipinski definition) is 1. The molecule has 1 aromatic heterocycles. The fourth-order valence-corrected chi connectivity index (χ4v) is 2.90. The van der Waals surface area contributed by atoms with Crippen molar-refractivity contribution in [2.75, 3.05) is 13.6 Å². The minimum atomic E-state index is -0.650. The number of carboxylic acids is 1. The summed E-state index contributed by atoms with van der Waals surface area (Å²) in [5, 5.41) is 9.43. The predicted octanol–water partition coefficient (Wildman–Crippen LogP) is 2.66. The summed E-state index contributed by atoms with van der Waals surface area (Å²) in [6, 6.07) is 3.89. The molecule has 1 aliphatic rings. The van der Waals surface area contributed by atoms with Gasteiger partial charge in [0.2, 0.25) is 0 Å². The van der Waals surface area contributed by atoms with Crippen LogP contribution in [0, 0.1) is 12.3 Å². The summed E-state index contributed by atoms with van der Waals surface area (Å²) in [5.74, 6) is 1.14. The maximum absolute atomic E-state index is 11.5. The fraction of sp³-hybridized carbons (Fsp3) is 0.643. The highest BCUT2D eigenvalue weighted by Gasteiger charge is 2.42. The van der Waals surface area contributed by atoms with E-state index in [0.717, 1.165) is 37.2 Å². The Bertz CT molecular complexity index is 418. The molecule has 1 saturated carbocycles. The van der Waals surface area contributed by atoms with Gasteiger partial charge < -0.3 is 9.52 Å². The lowest BCUT2D eigenvalue weighted by Crippen LogP contribution is -2.39. The maximum atomic E-state index is 11.5. The van der Waals surface area contributed by atoms with Crippen LogP contribution in [-0.4, -0.2) is 29.6 Å². The van der Waals surface area contributed by atoms with Crippen LogP contribution in [0.4, 0.5) is 0 Å². The largest absolute Gasteiger partial charge is 0.481 e. The lowest BCUT2D eigenvalue weighted by atomic mass is 9.86. The van der Waals surface area contributed by atoms with Crippen LogP contribution in [0.5, 0.6) is 0 Å². The SMILES string of the molecule is Cc1ccc(CN(C)CC2(C(=O)O)CCCC2)o1. The number of hydrogen-bond acceptors (Lipinski definition) is 3. The van der Waals surface area contributed by atoms with Crippen molar-refractivity contribution in [3.8, 4) is 0 Å². The van der Waals surface area contributed by atoms with Gasteiger partial charge in [-0.15, -0.1) is 0 Å². The van der Waals surface area contributed by atoms with E-state index in [4.69, 9.17) is 4.42 Å². The Balaban J connectivity index is 1.97. The quantitative estimate of drug-likeness (QED) is 0.874. The first-order valence-electron chi connectivity index (χ1n) is 6.49. The summed E-state index contributed by atoms with van der Waals surface area (Å²) in [7, 11) is 1.96. The molecule has 1 N–H and O–H groups in total. The first-order chi connectivity index (χ1) is 8.52. The van der Waals surface area contributed by atoms with Gasteiger partial charge in [-0.05, 0) is 38.9 Å². The Labute approximate surface area is 108 Å². The number of carboxylic acid groups (broad SMARTS) is 1. The molecule has 18 heavy (non-hydrogen) atoms. The minimum absolute atomic E-state index is 0.545. The van der Waals surface area contributed by atoms with E-state index in [-0.39, 0.29) is 0 Å². The average molecular weight is 251 g/mol. The van der Waals surface area contributed by atoms with Crippen LogP contribution in [0.1, 0.15) is 37.2 Å². The van der Waals surface area contributed by atoms with Crippen LogP contribution >= 0.6 is 0 Å². The molecule has 4 heteroatoms. The van der Waals surface area contributed by atoms with Crippen molar-refractivity contribution in [1.29, 1.82) is 0 Å². The van der Waals surface area contributed by atoms with Crippen molar-refractivity contribution < 1.29 is 14.3 Å². The number of carbonyl (C=O) groups is 1. The summed E-state index contributed by atoms with van der Waals surface area (Å²) in [6.45, 7) is 3.18. The molecule has 4 nitrogen and oxygen atoms in total. The second-order valence-corrected chi connectivity index (χ2v) is 5.48. The highest BCUT2D eigenvalue weighted by Crippen LogP contribution is 2.39. The lowest BCUT2D eigenvalue weighted by molar-refractivity contribution is -0.149. The van der Waals surface area contributed by atoms with Gasteiger partial charge in [-0.1, -0.05) is 12.8 Å². The van der Waals surface area contributed by atoms with Crippen LogP contribution in [0.2, 0.25) is 0 Å². The van der Waals surface area contributed by atoms with Gasteiger partial charge in [0.05, 0.1) is 12.0 Å². The van der Waals surface area contributed by atoms with Gasteiger partial charge in [-0.3, -0.25) is 9.69 Å². The zero-order chi connectivity index (χ0) is 13.2. The molecule has 0 spiro atoms. The standard InChI is InChI=1S/C14H21NO3/c1-11-5-6-12(18-11)9-15(2)10-14(13(16)17)7-3-4-8-14/h5-6H,3-4,7-10H2,1-2H3,(H,16,17). The third-order valence-electron chi connectivity index (χ3n) is 3.81. The summed E-state index contributed by atoms with van der Waals surface area (Å²) < 4.78 is 5.52.